The number of nitrogens with zero attached hydrogens (tertiary/aromatic N) is 2. The van der Waals surface area contributed by atoms with E-state index in [9.17, 15) is 0 Å². The number of aryl methyl sites for hydroxylation is 2. The molecule has 57 heavy (non-hydrogen) atoms. The van der Waals surface area contributed by atoms with Crippen LogP contribution in [0, 0.1) is 13.8 Å². The third kappa shape index (κ3) is 6.14. The smallest absolute Gasteiger partial charge is 0.0579 e. The fraction of sp³-hybridized carbons (Fsp3) is 0.170. The molecule has 0 fully saturated rings. The van der Waals surface area contributed by atoms with Crippen LogP contribution in [0.4, 0.5) is 34.1 Å². The fourth-order valence-electron chi connectivity index (χ4n) is 10.2. The molecule has 0 saturated heterocycles. The summed E-state index contributed by atoms with van der Waals surface area (Å²) in [4.78, 5) is 4.79. The van der Waals surface area contributed by atoms with Crippen LogP contribution >= 0.6 is 0 Å². The first-order chi connectivity index (χ1) is 27.3. The number of hydrogen-bond acceptors (Lipinski definition) is 2. The van der Waals surface area contributed by atoms with Crippen LogP contribution in [0.15, 0.2) is 170 Å². The fourth-order valence-corrected chi connectivity index (χ4v) is 23.3. The minimum Gasteiger partial charge on any atom is -0.310 e. The molecule has 9 rings (SSSR count). The molecule has 0 saturated carbocycles. The number of hydrogen-bond donors (Lipinski definition) is 0. The molecule has 0 spiro atoms. The van der Waals surface area contributed by atoms with Crippen LogP contribution in [-0.2, 0) is 4.66 Å². The summed E-state index contributed by atoms with van der Waals surface area (Å²) in [5, 5.41) is 5.18. The number of rotatable bonds is 8. The van der Waals surface area contributed by atoms with Gasteiger partial charge < -0.3 is 9.80 Å². The third-order valence-corrected chi connectivity index (χ3v) is 22.5. The van der Waals surface area contributed by atoms with Gasteiger partial charge in [0, 0.05) is 38.8 Å². The summed E-state index contributed by atoms with van der Waals surface area (Å²) in [6, 6.07) is 63.7. The molecule has 0 aliphatic heterocycles. The molecule has 1 aliphatic rings. The predicted molar refractivity (Wildman–Crippen MR) is 253 cm³/mol. The summed E-state index contributed by atoms with van der Waals surface area (Å²) in [5.41, 5.74) is 15.5. The molecule has 8 aromatic rings. The standard InChI is InChI=1S/C53H52N2Si2/c1-37-19-25-45(26-20-37)54(43-15-11-9-12-16-43)47-29-23-39-33-49-50-34-40-24-30-48(55(44-17-13-10-14-18-44)46-27-21-38(2)22-28-46)32-42(40)36-52(50)53(56(3,4)5,57(6,7)8)51(49)35-41(39)31-47/h9-36H,1-8H3. The van der Waals surface area contributed by atoms with Crippen LogP contribution in [0.5, 0.6) is 0 Å². The lowest BCUT2D eigenvalue weighted by atomic mass is 9.98. The normalized spacial score (nSPS) is 13.4. The van der Waals surface area contributed by atoms with Crippen molar-refractivity contribution in [2.45, 2.75) is 57.8 Å². The largest absolute Gasteiger partial charge is 0.310 e. The highest BCUT2D eigenvalue weighted by Gasteiger charge is 2.59. The van der Waals surface area contributed by atoms with Gasteiger partial charge in [-0.15, -0.1) is 0 Å². The summed E-state index contributed by atoms with van der Waals surface area (Å²) < 4.78 is 0.00516. The van der Waals surface area contributed by atoms with E-state index in [2.05, 4.69) is 233 Å². The van der Waals surface area contributed by atoms with Gasteiger partial charge in [0.1, 0.15) is 0 Å². The molecule has 0 radical (unpaired) electrons. The SMILES string of the molecule is Cc1ccc(N(c2ccccc2)c2ccc3cc4c(cc3c2)C([Si](C)(C)C)([Si](C)(C)C)c2cc3cc(N(c5ccccc5)c5ccc(C)cc5)ccc3cc2-4)cc1. The maximum atomic E-state index is 2.62. The van der Waals surface area contributed by atoms with Gasteiger partial charge >= 0.3 is 0 Å². The van der Waals surface area contributed by atoms with E-state index in [0.29, 0.717) is 0 Å². The van der Waals surface area contributed by atoms with Crippen molar-refractivity contribution in [2.24, 2.45) is 0 Å². The minimum absolute atomic E-state index is 0.00516. The Kier molecular flexibility index (Phi) is 8.91. The number of anilines is 6. The second kappa shape index (κ2) is 13.8. The molecule has 0 unspecified atom stereocenters. The molecule has 2 nitrogen and oxygen atoms in total. The first kappa shape index (κ1) is 36.9. The van der Waals surface area contributed by atoms with Crippen molar-refractivity contribution in [1.82, 2.24) is 0 Å². The maximum Gasteiger partial charge on any atom is 0.0579 e. The predicted octanol–water partition coefficient (Wildman–Crippen LogP) is 15.6. The highest BCUT2D eigenvalue weighted by Crippen LogP contribution is 2.59. The number of fused-ring (bicyclic) bond motifs is 5. The molecule has 1 aliphatic carbocycles. The van der Waals surface area contributed by atoms with Gasteiger partial charge in [0.05, 0.1) is 16.1 Å². The van der Waals surface area contributed by atoms with E-state index in [1.54, 1.807) is 11.1 Å². The van der Waals surface area contributed by atoms with E-state index >= 15 is 0 Å². The van der Waals surface area contributed by atoms with Crippen LogP contribution in [0.2, 0.25) is 39.3 Å². The summed E-state index contributed by atoms with van der Waals surface area (Å²) in [5.74, 6) is 0. The van der Waals surface area contributed by atoms with Crippen LogP contribution in [0.25, 0.3) is 32.7 Å². The maximum absolute atomic E-state index is 2.62. The lowest BCUT2D eigenvalue weighted by Crippen LogP contribution is -2.63. The highest BCUT2D eigenvalue weighted by atomic mass is 28.4. The Balaban J connectivity index is 1.25. The second-order valence-electron chi connectivity index (χ2n) is 18.1. The van der Waals surface area contributed by atoms with Gasteiger partial charge in [-0.3, -0.25) is 0 Å². The van der Waals surface area contributed by atoms with Gasteiger partial charge in [-0.25, -0.2) is 0 Å². The van der Waals surface area contributed by atoms with E-state index in [1.807, 2.05) is 0 Å². The van der Waals surface area contributed by atoms with E-state index in [-0.39, 0.29) is 4.66 Å². The zero-order valence-electron chi connectivity index (χ0n) is 34.6. The summed E-state index contributed by atoms with van der Waals surface area (Å²) in [6.45, 7) is 20.0. The number of benzene rings is 8. The first-order valence-corrected chi connectivity index (χ1v) is 27.3. The average molecular weight is 773 g/mol. The van der Waals surface area contributed by atoms with Gasteiger partial charge in [-0.1, -0.05) is 135 Å². The third-order valence-electron chi connectivity index (χ3n) is 12.4. The van der Waals surface area contributed by atoms with E-state index in [0.717, 1.165) is 22.7 Å². The Hall–Kier alpha value is -5.69. The molecule has 4 heteroatoms. The van der Waals surface area contributed by atoms with Crippen LogP contribution < -0.4 is 9.80 Å². The van der Waals surface area contributed by atoms with E-state index in [4.69, 9.17) is 0 Å². The molecule has 0 N–H and O–H groups in total. The van der Waals surface area contributed by atoms with Gasteiger partial charge in [0.2, 0.25) is 0 Å². The zero-order chi connectivity index (χ0) is 39.7. The quantitative estimate of drug-likeness (QED) is 0.142. The van der Waals surface area contributed by atoms with Crippen molar-refractivity contribution in [1.29, 1.82) is 0 Å². The Morgan fingerprint density at radius 2 is 0.667 bits per heavy atom. The molecule has 8 aromatic carbocycles. The molecule has 0 amide bonds. The van der Waals surface area contributed by atoms with E-state index in [1.165, 1.54) is 55.2 Å². The molecule has 0 aromatic heterocycles. The van der Waals surface area contributed by atoms with Gasteiger partial charge in [-0.05, 0) is 143 Å². The van der Waals surface area contributed by atoms with Gasteiger partial charge in [0.15, 0.2) is 0 Å². The van der Waals surface area contributed by atoms with Crippen LogP contribution in [0.3, 0.4) is 0 Å². The Labute approximate surface area is 341 Å². The van der Waals surface area contributed by atoms with Crippen molar-refractivity contribution in [3.63, 3.8) is 0 Å². The number of para-hydroxylation sites is 2. The van der Waals surface area contributed by atoms with Crippen molar-refractivity contribution in [3.05, 3.63) is 192 Å². The summed E-state index contributed by atoms with van der Waals surface area (Å²) in [7, 11) is -3.88. The molecular weight excluding hydrogens is 721 g/mol. The van der Waals surface area contributed by atoms with Gasteiger partial charge in [0.25, 0.3) is 0 Å². The first-order valence-electron chi connectivity index (χ1n) is 20.3. The topological polar surface area (TPSA) is 6.48 Å². The van der Waals surface area contributed by atoms with Crippen LogP contribution in [0.1, 0.15) is 22.3 Å². The molecule has 0 bridgehead atoms. The Morgan fingerprint density at radius 3 is 1.02 bits per heavy atom. The van der Waals surface area contributed by atoms with Gasteiger partial charge in [-0.2, -0.15) is 0 Å². The van der Waals surface area contributed by atoms with Crippen molar-refractivity contribution in [3.8, 4) is 11.1 Å². The highest BCUT2D eigenvalue weighted by molar-refractivity contribution is 6.99. The molecule has 0 atom stereocenters. The molecule has 282 valence electrons. The summed E-state index contributed by atoms with van der Waals surface area (Å²) in [6.07, 6.45) is 0. The lowest BCUT2D eigenvalue weighted by molar-refractivity contribution is 0.956. The summed E-state index contributed by atoms with van der Waals surface area (Å²) >= 11 is 0. The van der Waals surface area contributed by atoms with Crippen LogP contribution in [-0.4, -0.2) is 16.1 Å². The van der Waals surface area contributed by atoms with E-state index < -0.39 is 16.1 Å². The van der Waals surface area contributed by atoms with Crippen molar-refractivity contribution >= 4 is 71.8 Å². The lowest BCUT2D eigenvalue weighted by Gasteiger charge is -2.51. The zero-order valence-corrected chi connectivity index (χ0v) is 36.6. The van der Waals surface area contributed by atoms with Crippen molar-refractivity contribution in [2.75, 3.05) is 9.80 Å². The molecular formula is C53H52N2Si2. The Bertz CT molecular complexity index is 2570. The van der Waals surface area contributed by atoms with Crippen molar-refractivity contribution < 1.29 is 0 Å². The second-order valence-corrected chi connectivity index (χ2v) is 29.1. The Morgan fingerprint density at radius 1 is 0.333 bits per heavy atom. The minimum atomic E-state index is -1.94. The average Bonchev–Trinajstić information content (AvgIpc) is 3.48. The monoisotopic (exact) mass is 772 g/mol. The molecule has 0 heterocycles.